The Hall–Kier alpha value is -1.55. The maximum Gasteiger partial charge on any atom is 0.331 e. The highest BCUT2D eigenvalue weighted by Crippen LogP contribution is 2.18. The van der Waals surface area contributed by atoms with Gasteiger partial charge in [-0.3, -0.25) is 0 Å². The van der Waals surface area contributed by atoms with Crippen LogP contribution in [0.25, 0.3) is 0 Å². The SMILES string of the molecule is C[C@@H](C(=O)ON)c1ccc(O)cc1. The number of aromatic hydroxyl groups is 1. The lowest BCUT2D eigenvalue weighted by Crippen LogP contribution is -2.16. The van der Waals surface area contributed by atoms with Crippen LogP contribution >= 0.6 is 0 Å². The molecule has 0 bridgehead atoms. The van der Waals surface area contributed by atoms with Crippen LogP contribution in [0.1, 0.15) is 18.4 Å². The van der Waals surface area contributed by atoms with Crippen LogP contribution in [-0.4, -0.2) is 11.1 Å². The zero-order chi connectivity index (χ0) is 9.84. The van der Waals surface area contributed by atoms with Crippen molar-refractivity contribution in [2.24, 2.45) is 5.90 Å². The molecular formula is C9H11NO3. The largest absolute Gasteiger partial charge is 0.508 e. The summed E-state index contributed by atoms with van der Waals surface area (Å²) in [6.45, 7) is 1.68. The van der Waals surface area contributed by atoms with Crippen molar-refractivity contribution < 1.29 is 14.7 Å². The van der Waals surface area contributed by atoms with Crippen molar-refractivity contribution in [2.75, 3.05) is 0 Å². The minimum Gasteiger partial charge on any atom is -0.508 e. The summed E-state index contributed by atoms with van der Waals surface area (Å²) in [5, 5.41) is 8.99. The molecule has 70 valence electrons. The van der Waals surface area contributed by atoms with E-state index in [-0.39, 0.29) is 5.75 Å². The lowest BCUT2D eigenvalue weighted by Gasteiger charge is -2.07. The van der Waals surface area contributed by atoms with Crippen molar-refractivity contribution in [2.45, 2.75) is 12.8 Å². The summed E-state index contributed by atoms with van der Waals surface area (Å²) in [6, 6.07) is 6.32. The molecule has 4 heteroatoms. The molecule has 0 saturated carbocycles. The molecule has 0 fully saturated rings. The van der Waals surface area contributed by atoms with E-state index in [1.54, 1.807) is 19.1 Å². The van der Waals surface area contributed by atoms with Gasteiger partial charge in [-0.15, -0.1) is 0 Å². The molecule has 1 atom stereocenters. The van der Waals surface area contributed by atoms with Gasteiger partial charge in [0.15, 0.2) is 0 Å². The minimum absolute atomic E-state index is 0.164. The summed E-state index contributed by atoms with van der Waals surface area (Å²) in [5.41, 5.74) is 0.758. The lowest BCUT2D eigenvalue weighted by atomic mass is 10.0. The van der Waals surface area contributed by atoms with E-state index in [0.717, 1.165) is 5.56 Å². The first-order chi connectivity index (χ1) is 6.15. The molecule has 1 aromatic rings. The molecular weight excluding hydrogens is 170 g/mol. The van der Waals surface area contributed by atoms with Gasteiger partial charge in [0.2, 0.25) is 0 Å². The Kier molecular flexibility index (Phi) is 2.87. The van der Waals surface area contributed by atoms with E-state index < -0.39 is 11.9 Å². The Morgan fingerprint density at radius 1 is 1.46 bits per heavy atom. The zero-order valence-electron chi connectivity index (χ0n) is 7.23. The molecule has 3 N–H and O–H groups in total. The number of hydrogen-bond donors (Lipinski definition) is 2. The summed E-state index contributed by atoms with van der Waals surface area (Å²) >= 11 is 0. The Morgan fingerprint density at radius 2 is 2.00 bits per heavy atom. The predicted molar refractivity (Wildman–Crippen MR) is 46.8 cm³/mol. The molecule has 4 nitrogen and oxygen atoms in total. The summed E-state index contributed by atoms with van der Waals surface area (Å²) in [6.07, 6.45) is 0. The van der Waals surface area contributed by atoms with Crippen LogP contribution in [-0.2, 0) is 9.63 Å². The molecule has 0 heterocycles. The van der Waals surface area contributed by atoms with Gasteiger partial charge >= 0.3 is 5.97 Å². The number of phenols is 1. The van der Waals surface area contributed by atoms with E-state index >= 15 is 0 Å². The second-order valence-corrected chi connectivity index (χ2v) is 2.75. The lowest BCUT2D eigenvalue weighted by molar-refractivity contribution is -0.145. The van der Waals surface area contributed by atoms with Crippen LogP contribution in [0.2, 0.25) is 0 Å². The van der Waals surface area contributed by atoms with Gasteiger partial charge in [0.05, 0.1) is 5.92 Å². The van der Waals surface area contributed by atoms with Crippen LogP contribution in [0, 0.1) is 0 Å². The average molecular weight is 181 g/mol. The van der Waals surface area contributed by atoms with Gasteiger partial charge < -0.3 is 9.94 Å². The Labute approximate surface area is 75.9 Å². The molecule has 0 saturated heterocycles. The summed E-state index contributed by atoms with van der Waals surface area (Å²) in [5.74, 6) is 4.00. The number of carbonyl (C=O) groups excluding carboxylic acids is 1. The van der Waals surface area contributed by atoms with E-state index in [1.165, 1.54) is 12.1 Å². The maximum absolute atomic E-state index is 11.0. The number of hydrogen-bond acceptors (Lipinski definition) is 4. The highest BCUT2D eigenvalue weighted by molar-refractivity contribution is 5.77. The summed E-state index contributed by atoms with van der Waals surface area (Å²) in [7, 11) is 0. The monoisotopic (exact) mass is 181 g/mol. The van der Waals surface area contributed by atoms with Crippen LogP contribution in [0.3, 0.4) is 0 Å². The molecule has 1 aromatic carbocycles. The molecule has 0 radical (unpaired) electrons. The quantitative estimate of drug-likeness (QED) is 0.665. The molecule has 0 amide bonds. The van der Waals surface area contributed by atoms with Crippen LogP contribution in [0.5, 0.6) is 5.75 Å². The molecule has 13 heavy (non-hydrogen) atoms. The van der Waals surface area contributed by atoms with Crippen LogP contribution < -0.4 is 5.90 Å². The molecule has 0 unspecified atom stereocenters. The maximum atomic E-state index is 11.0. The Morgan fingerprint density at radius 3 is 2.46 bits per heavy atom. The number of phenolic OH excluding ortho intramolecular Hbond substituents is 1. The predicted octanol–water partition coefficient (Wildman–Crippen LogP) is 0.913. The average Bonchev–Trinajstić information content (AvgIpc) is 2.17. The second-order valence-electron chi connectivity index (χ2n) is 2.75. The number of carbonyl (C=O) groups is 1. The van der Waals surface area contributed by atoms with Crippen molar-refractivity contribution >= 4 is 5.97 Å². The van der Waals surface area contributed by atoms with E-state index in [9.17, 15) is 4.79 Å². The summed E-state index contributed by atoms with van der Waals surface area (Å²) < 4.78 is 0. The van der Waals surface area contributed by atoms with Gasteiger partial charge in [-0.1, -0.05) is 12.1 Å². The Balaban J connectivity index is 2.83. The third-order valence-electron chi connectivity index (χ3n) is 1.86. The molecule has 0 aromatic heterocycles. The Bertz CT molecular complexity index is 294. The first-order valence-corrected chi connectivity index (χ1v) is 3.84. The van der Waals surface area contributed by atoms with Crippen molar-refractivity contribution in [3.8, 4) is 5.75 Å². The van der Waals surface area contributed by atoms with Gasteiger partial charge in [0, 0.05) is 0 Å². The fourth-order valence-corrected chi connectivity index (χ4v) is 1.00. The third kappa shape index (κ3) is 2.19. The van der Waals surface area contributed by atoms with Crippen molar-refractivity contribution in [3.63, 3.8) is 0 Å². The van der Waals surface area contributed by atoms with E-state index in [1.807, 2.05) is 0 Å². The minimum atomic E-state index is -0.495. The van der Waals surface area contributed by atoms with Gasteiger partial charge in [0.1, 0.15) is 5.75 Å². The van der Waals surface area contributed by atoms with E-state index in [2.05, 4.69) is 4.84 Å². The first-order valence-electron chi connectivity index (χ1n) is 3.84. The van der Waals surface area contributed by atoms with E-state index in [4.69, 9.17) is 11.0 Å². The summed E-state index contributed by atoms with van der Waals surface area (Å²) in [4.78, 5) is 15.1. The third-order valence-corrected chi connectivity index (χ3v) is 1.86. The highest BCUT2D eigenvalue weighted by Gasteiger charge is 2.15. The standard InChI is InChI=1S/C9H11NO3/c1-6(9(12)13-10)7-2-4-8(11)5-3-7/h2-6,11H,10H2,1H3/t6-/m1/s1. The van der Waals surface area contributed by atoms with Gasteiger partial charge in [-0.25, -0.2) is 4.79 Å². The van der Waals surface area contributed by atoms with Crippen molar-refractivity contribution in [1.29, 1.82) is 0 Å². The normalized spacial score (nSPS) is 12.2. The molecule has 1 rings (SSSR count). The van der Waals surface area contributed by atoms with Gasteiger partial charge in [-0.05, 0) is 24.6 Å². The molecule has 0 aliphatic carbocycles. The van der Waals surface area contributed by atoms with Crippen molar-refractivity contribution in [3.05, 3.63) is 29.8 Å². The highest BCUT2D eigenvalue weighted by atomic mass is 16.7. The number of rotatable bonds is 2. The zero-order valence-corrected chi connectivity index (χ0v) is 7.23. The first kappa shape index (κ1) is 9.54. The number of nitrogens with two attached hydrogens (primary N) is 1. The van der Waals surface area contributed by atoms with Gasteiger partial charge in [-0.2, -0.15) is 5.90 Å². The van der Waals surface area contributed by atoms with E-state index in [0.29, 0.717) is 0 Å². The smallest absolute Gasteiger partial charge is 0.331 e. The molecule has 0 aliphatic rings. The van der Waals surface area contributed by atoms with Crippen LogP contribution in [0.15, 0.2) is 24.3 Å². The fourth-order valence-electron chi connectivity index (χ4n) is 1.00. The van der Waals surface area contributed by atoms with Crippen LogP contribution in [0.4, 0.5) is 0 Å². The second kappa shape index (κ2) is 3.91. The van der Waals surface area contributed by atoms with Gasteiger partial charge in [0.25, 0.3) is 0 Å². The molecule has 0 aliphatic heterocycles. The van der Waals surface area contributed by atoms with Crippen molar-refractivity contribution in [1.82, 2.24) is 0 Å². The fraction of sp³-hybridized carbons (Fsp3) is 0.222. The number of benzene rings is 1. The molecule has 0 spiro atoms. The topological polar surface area (TPSA) is 72.5 Å².